The number of carbonyl (C=O) groups is 1. The van der Waals surface area contributed by atoms with Crippen LogP contribution < -0.4 is 4.90 Å². The Morgan fingerprint density at radius 1 is 1.25 bits per heavy atom. The molecule has 6 heteroatoms. The molecule has 2 aromatic rings. The summed E-state index contributed by atoms with van der Waals surface area (Å²) in [5, 5.41) is 11.0. The fraction of sp³-hybridized carbons (Fsp3) is 0.286. The second-order valence-corrected chi connectivity index (χ2v) is 6.39. The lowest BCUT2D eigenvalue weighted by Gasteiger charge is -2.28. The standard InChI is InChI=1S/C14H14N2O3S/c17-14(18)12-9-10-3-1-2-4-11(10)13(15-12)16-5-7-20(19)8-6-16/h1-4,9H,5-8H2,(H,17,18). The normalized spacial score (nSPS) is 16.5. The molecule has 3 rings (SSSR count). The summed E-state index contributed by atoms with van der Waals surface area (Å²) < 4.78 is 11.4. The van der Waals surface area contributed by atoms with E-state index in [0.29, 0.717) is 30.4 Å². The smallest absolute Gasteiger partial charge is 0.354 e. The van der Waals surface area contributed by atoms with Crippen molar-refractivity contribution in [3.63, 3.8) is 0 Å². The van der Waals surface area contributed by atoms with E-state index in [1.807, 2.05) is 29.2 Å². The molecule has 1 N–H and O–H groups in total. The summed E-state index contributed by atoms with van der Waals surface area (Å²) in [6.45, 7) is 1.29. The first-order valence-electron chi connectivity index (χ1n) is 6.38. The fourth-order valence-electron chi connectivity index (χ4n) is 2.38. The molecular formula is C14H14N2O3S. The van der Waals surface area contributed by atoms with Gasteiger partial charge in [0.15, 0.2) is 5.69 Å². The van der Waals surface area contributed by atoms with E-state index >= 15 is 0 Å². The van der Waals surface area contributed by atoms with E-state index in [4.69, 9.17) is 0 Å². The van der Waals surface area contributed by atoms with Crippen LogP contribution >= 0.6 is 0 Å². The summed E-state index contributed by atoms with van der Waals surface area (Å²) >= 11 is 0. The Hall–Kier alpha value is -1.95. The zero-order valence-corrected chi connectivity index (χ0v) is 11.6. The van der Waals surface area contributed by atoms with Gasteiger partial charge in [-0.2, -0.15) is 0 Å². The highest BCUT2D eigenvalue weighted by Gasteiger charge is 2.20. The Bertz CT molecular complexity index is 692. The summed E-state index contributed by atoms with van der Waals surface area (Å²) in [5.74, 6) is 0.857. The van der Waals surface area contributed by atoms with Crippen LogP contribution in [-0.2, 0) is 10.8 Å². The molecule has 1 aromatic heterocycles. The highest BCUT2D eigenvalue weighted by atomic mass is 32.2. The Morgan fingerprint density at radius 3 is 2.65 bits per heavy atom. The van der Waals surface area contributed by atoms with Gasteiger partial charge < -0.3 is 10.0 Å². The van der Waals surface area contributed by atoms with Crippen LogP contribution in [0.4, 0.5) is 5.82 Å². The van der Waals surface area contributed by atoms with E-state index in [9.17, 15) is 14.1 Å². The van der Waals surface area contributed by atoms with Gasteiger partial charge in [0, 0.05) is 40.8 Å². The molecule has 0 amide bonds. The van der Waals surface area contributed by atoms with Gasteiger partial charge in [0.2, 0.25) is 0 Å². The number of carboxylic acid groups (broad SMARTS) is 1. The minimum Gasteiger partial charge on any atom is -0.477 e. The van der Waals surface area contributed by atoms with Gasteiger partial charge in [0.25, 0.3) is 0 Å². The molecule has 1 aromatic carbocycles. The monoisotopic (exact) mass is 290 g/mol. The maximum atomic E-state index is 11.4. The number of aromatic nitrogens is 1. The summed E-state index contributed by atoms with van der Waals surface area (Å²) in [7, 11) is -0.768. The number of anilines is 1. The second-order valence-electron chi connectivity index (χ2n) is 4.69. The maximum Gasteiger partial charge on any atom is 0.354 e. The Balaban J connectivity index is 2.12. The van der Waals surface area contributed by atoms with Gasteiger partial charge in [-0.05, 0) is 11.5 Å². The minimum atomic E-state index is -1.03. The van der Waals surface area contributed by atoms with Crippen LogP contribution in [0.15, 0.2) is 30.3 Å². The molecule has 0 saturated carbocycles. The number of fused-ring (bicyclic) bond motifs is 1. The van der Waals surface area contributed by atoms with Crippen LogP contribution in [0.25, 0.3) is 10.8 Å². The van der Waals surface area contributed by atoms with Crippen LogP contribution in [0.1, 0.15) is 10.5 Å². The number of carboxylic acids is 1. The lowest BCUT2D eigenvalue weighted by Crippen LogP contribution is -2.38. The van der Waals surface area contributed by atoms with Crippen molar-refractivity contribution in [2.75, 3.05) is 29.5 Å². The van der Waals surface area contributed by atoms with Gasteiger partial charge in [-0.1, -0.05) is 24.3 Å². The quantitative estimate of drug-likeness (QED) is 0.907. The molecule has 5 nitrogen and oxygen atoms in total. The number of aromatic carboxylic acids is 1. The summed E-state index contributed by atoms with van der Waals surface area (Å²) in [5.41, 5.74) is 0.0467. The molecule has 0 spiro atoms. The molecule has 1 aliphatic heterocycles. The predicted molar refractivity (Wildman–Crippen MR) is 78.8 cm³/mol. The molecule has 0 bridgehead atoms. The van der Waals surface area contributed by atoms with Gasteiger partial charge in [0.05, 0.1) is 0 Å². The van der Waals surface area contributed by atoms with Gasteiger partial charge in [-0.3, -0.25) is 4.21 Å². The first-order chi connectivity index (χ1) is 9.65. The average molecular weight is 290 g/mol. The van der Waals surface area contributed by atoms with E-state index in [1.54, 1.807) is 6.07 Å². The van der Waals surface area contributed by atoms with Gasteiger partial charge >= 0.3 is 5.97 Å². The molecule has 20 heavy (non-hydrogen) atoms. The van der Waals surface area contributed by atoms with E-state index in [0.717, 1.165) is 10.8 Å². The third kappa shape index (κ3) is 2.38. The summed E-state index contributed by atoms with van der Waals surface area (Å²) in [4.78, 5) is 17.5. The molecule has 0 unspecified atom stereocenters. The molecule has 2 heterocycles. The third-order valence-corrected chi connectivity index (χ3v) is 4.69. The highest BCUT2D eigenvalue weighted by molar-refractivity contribution is 7.85. The Morgan fingerprint density at radius 2 is 1.95 bits per heavy atom. The number of rotatable bonds is 2. The van der Waals surface area contributed by atoms with E-state index < -0.39 is 16.8 Å². The van der Waals surface area contributed by atoms with Crippen LogP contribution in [0, 0.1) is 0 Å². The third-order valence-electron chi connectivity index (χ3n) is 3.42. The van der Waals surface area contributed by atoms with Crippen molar-refractivity contribution in [2.45, 2.75) is 0 Å². The van der Waals surface area contributed by atoms with Gasteiger partial charge in [-0.15, -0.1) is 0 Å². The summed E-state index contributed by atoms with van der Waals surface area (Å²) in [6, 6.07) is 9.20. The van der Waals surface area contributed by atoms with Crippen LogP contribution in [-0.4, -0.2) is 44.9 Å². The van der Waals surface area contributed by atoms with Crippen LogP contribution in [0.5, 0.6) is 0 Å². The van der Waals surface area contributed by atoms with Crippen molar-refractivity contribution < 1.29 is 14.1 Å². The van der Waals surface area contributed by atoms with E-state index in [1.165, 1.54) is 0 Å². The maximum absolute atomic E-state index is 11.4. The van der Waals surface area contributed by atoms with E-state index in [-0.39, 0.29) is 5.69 Å². The Labute approximate surface area is 118 Å². The first-order valence-corrected chi connectivity index (χ1v) is 7.87. The average Bonchev–Trinajstić information content (AvgIpc) is 2.47. The molecule has 1 aliphatic rings. The zero-order valence-electron chi connectivity index (χ0n) is 10.8. The number of pyridine rings is 1. The van der Waals surface area contributed by atoms with Crippen LogP contribution in [0.3, 0.4) is 0 Å². The molecule has 104 valence electrons. The SMILES string of the molecule is O=C(O)c1cc2ccccc2c(N2CCS(=O)CC2)n1. The lowest BCUT2D eigenvalue weighted by atomic mass is 10.1. The first kappa shape index (κ1) is 13.1. The number of hydrogen-bond acceptors (Lipinski definition) is 4. The molecular weight excluding hydrogens is 276 g/mol. The molecule has 0 atom stereocenters. The van der Waals surface area contributed by atoms with E-state index in [2.05, 4.69) is 4.98 Å². The van der Waals surface area contributed by atoms with Crippen molar-refractivity contribution in [1.29, 1.82) is 0 Å². The van der Waals surface area contributed by atoms with Crippen molar-refractivity contribution >= 4 is 33.4 Å². The van der Waals surface area contributed by atoms with Crippen molar-refractivity contribution in [2.24, 2.45) is 0 Å². The topological polar surface area (TPSA) is 70.5 Å². The second kappa shape index (κ2) is 5.20. The molecule has 0 aliphatic carbocycles. The predicted octanol–water partition coefficient (Wildman–Crippen LogP) is 1.50. The molecule has 1 saturated heterocycles. The Kier molecular flexibility index (Phi) is 3.40. The van der Waals surface area contributed by atoms with Gasteiger partial charge in [0.1, 0.15) is 5.82 Å². The van der Waals surface area contributed by atoms with Crippen molar-refractivity contribution in [1.82, 2.24) is 4.98 Å². The zero-order chi connectivity index (χ0) is 14.1. The number of hydrogen-bond donors (Lipinski definition) is 1. The number of nitrogens with zero attached hydrogens (tertiary/aromatic N) is 2. The van der Waals surface area contributed by atoms with Crippen molar-refractivity contribution in [3.8, 4) is 0 Å². The summed E-state index contributed by atoms with van der Waals surface area (Å²) in [6.07, 6.45) is 0. The molecule has 1 fully saturated rings. The molecule has 0 radical (unpaired) electrons. The highest BCUT2D eigenvalue weighted by Crippen LogP contribution is 2.26. The fourth-order valence-corrected chi connectivity index (χ4v) is 3.43. The minimum absolute atomic E-state index is 0.0467. The van der Waals surface area contributed by atoms with Crippen molar-refractivity contribution in [3.05, 3.63) is 36.0 Å². The van der Waals surface area contributed by atoms with Gasteiger partial charge in [-0.25, -0.2) is 9.78 Å². The van der Waals surface area contributed by atoms with Crippen LogP contribution in [0.2, 0.25) is 0 Å². The largest absolute Gasteiger partial charge is 0.477 e. The lowest BCUT2D eigenvalue weighted by molar-refractivity contribution is 0.0691. The number of benzene rings is 1.